The number of hydrogen-bond acceptors (Lipinski definition) is 3. The molecule has 0 saturated carbocycles. The van der Waals surface area contributed by atoms with Crippen LogP contribution in [0.25, 0.3) is 0 Å². The van der Waals surface area contributed by atoms with E-state index in [0.29, 0.717) is 10.3 Å². The number of pyridine rings is 1. The van der Waals surface area contributed by atoms with Gasteiger partial charge in [0.05, 0.1) is 5.41 Å². The minimum atomic E-state index is -0.776. The van der Waals surface area contributed by atoms with Gasteiger partial charge in [-0.3, -0.25) is 9.59 Å². The number of primary amides is 1. The van der Waals surface area contributed by atoms with Crippen molar-refractivity contribution in [2.45, 2.75) is 13.8 Å². The van der Waals surface area contributed by atoms with Gasteiger partial charge in [0.25, 0.3) is 5.91 Å². The number of nitrogens with one attached hydrogen (secondary N) is 1. The van der Waals surface area contributed by atoms with Crippen molar-refractivity contribution in [3.05, 3.63) is 28.5 Å². The lowest BCUT2D eigenvalue weighted by atomic mass is 9.93. The summed E-state index contributed by atoms with van der Waals surface area (Å²) in [6.07, 6.45) is 0. The van der Waals surface area contributed by atoms with Gasteiger partial charge in [-0.2, -0.15) is 0 Å². The van der Waals surface area contributed by atoms with Crippen molar-refractivity contribution in [1.82, 2.24) is 10.3 Å². The van der Waals surface area contributed by atoms with Gasteiger partial charge in [-0.25, -0.2) is 4.98 Å². The summed E-state index contributed by atoms with van der Waals surface area (Å²) in [6, 6.07) is 5.03. The number of carbonyl (C=O) groups excluding carboxylic acids is 2. The first kappa shape index (κ1) is 13.6. The van der Waals surface area contributed by atoms with Crippen LogP contribution >= 0.6 is 15.9 Å². The first-order chi connectivity index (χ1) is 7.83. The minimum Gasteiger partial charge on any atom is -0.369 e. The van der Waals surface area contributed by atoms with Crippen molar-refractivity contribution in [2.24, 2.45) is 11.1 Å². The molecular formula is C11H14BrN3O2. The molecule has 0 aliphatic carbocycles. The van der Waals surface area contributed by atoms with Crippen molar-refractivity contribution in [3.8, 4) is 0 Å². The Balaban J connectivity index is 2.65. The summed E-state index contributed by atoms with van der Waals surface area (Å²) >= 11 is 3.18. The summed E-state index contributed by atoms with van der Waals surface area (Å²) in [7, 11) is 0. The normalized spacial score (nSPS) is 11.0. The molecule has 0 atom stereocenters. The van der Waals surface area contributed by atoms with Crippen LogP contribution < -0.4 is 11.1 Å². The first-order valence-corrected chi connectivity index (χ1v) is 5.83. The van der Waals surface area contributed by atoms with Crippen LogP contribution in [-0.2, 0) is 4.79 Å². The second kappa shape index (κ2) is 5.27. The van der Waals surface area contributed by atoms with Crippen LogP contribution in [0.15, 0.2) is 22.8 Å². The molecule has 0 aliphatic heterocycles. The average Bonchev–Trinajstić information content (AvgIpc) is 2.25. The van der Waals surface area contributed by atoms with E-state index in [9.17, 15) is 9.59 Å². The molecule has 17 heavy (non-hydrogen) atoms. The molecule has 6 heteroatoms. The molecule has 3 N–H and O–H groups in total. The molecule has 1 heterocycles. The van der Waals surface area contributed by atoms with Gasteiger partial charge in [-0.15, -0.1) is 0 Å². The van der Waals surface area contributed by atoms with Crippen LogP contribution in [0.5, 0.6) is 0 Å². The lowest BCUT2D eigenvalue weighted by molar-refractivity contribution is -0.125. The van der Waals surface area contributed by atoms with Gasteiger partial charge in [0.2, 0.25) is 5.91 Å². The van der Waals surface area contributed by atoms with Crippen LogP contribution in [0.2, 0.25) is 0 Å². The molecular weight excluding hydrogens is 286 g/mol. The monoisotopic (exact) mass is 299 g/mol. The minimum absolute atomic E-state index is 0.176. The number of carbonyl (C=O) groups is 2. The van der Waals surface area contributed by atoms with E-state index in [-0.39, 0.29) is 12.5 Å². The van der Waals surface area contributed by atoms with Crippen molar-refractivity contribution in [1.29, 1.82) is 0 Å². The van der Waals surface area contributed by atoms with E-state index >= 15 is 0 Å². The van der Waals surface area contributed by atoms with Crippen LogP contribution in [0, 0.1) is 5.41 Å². The molecule has 92 valence electrons. The predicted octanol–water partition coefficient (Wildman–Crippen LogP) is 1.09. The molecule has 0 aromatic carbocycles. The fraction of sp³-hybridized carbons (Fsp3) is 0.364. The molecule has 0 saturated heterocycles. The van der Waals surface area contributed by atoms with Gasteiger partial charge in [0.1, 0.15) is 10.3 Å². The fourth-order valence-corrected chi connectivity index (χ4v) is 1.36. The van der Waals surface area contributed by atoms with Gasteiger partial charge in [0.15, 0.2) is 0 Å². The molecule has 0 bridgehead atoms. The Morgan fingerprint density at radius 1 is 1.47 bits per heavy atom. The number of nitrogens with zero attached hydrogens (tertiary/aromatic N) is 1. The third-order valence-corrected chi connectivity index (χ3v) is 2.75. The molecule has 0 fully saturated rings. The number of rotatable bonds is 4. The predicted molar refractivity (Wildman–Crippen MR) is 67.2 cm³/mol. The number of nitrogens with two attached hydrogens (primary N) is 1. The van der Waals surface area contributed by atoms with E-state index in [4.69, 9.17) is 5.73 Å². The molecule has 0 radical (unpaired) electrons. The van der Waals surface area contributed by atoms with Gasteiger partial charge in [-0.05, 0) is 41.9 Å². The quantitative estimate of drug-likeness (QED) is 0.816. The average molecular weight is 300 g/mol. The fourth-order valence-electron chi connectivity index (χ4n) is 1.01. The van der Waals surface area contributed by atoms with Gasteiger partial charge in [0, 0.05) is 6.54 Å². The third kappa shape index (κ3) is 3.81. The molecule has 1 aromatic rings. The summed E-state index contributed by atoms with van der Waals surface area (Å²) in [5, 5.41) is 2.62. The molecule has 1 aromatic heterocycles. The van der Waals surface area contributed by atoms with Gasteiger partial charge < -0.3 is 11.1 Å². The zero-order valence-corrected chi connectivity index (χ0v) is 11.2. The van der Waals surface area contributed by atoms with E-state index in [1.807, 2.05) is 0 Å². The maximum atomic E-state index is 11.7. The lowest BCUT2D eigenvalue weighted by Crippen LogP contribution is -2.42. The highest BCUT2D eigenvalue weighted by atomic mass is 79.9. The zero-order chi connectivity index (χ0) is 13.1. The number of amides is 2. The number of aromatic nitrogens is 1. The summed E-state index contributed by atoms with van der Waals surface area (Å²) in [4.78, 5) is 26.8. The zero-order valence-electron chi connectivity index (χ0n) is 9.66. The summed E-state index contributed by atoms with van der Waals surface area (Å²) in [5.41, 5.74) is 4.72. The van der Waals surface area contributed by atoms with Crippen LogP contribution in [0.4, 0.5) is 0 Å². The Morgan fingerprint density at radius 2 is 2.12 bits per heavy atom. The molecule has 5 nitrogen and oxygen atoms in total. The van der Waals surface area contributed by atoms with Crippen LogP contribution in [0.1, 0.15) is 24.3 Å². The Kier molecular flexibility index (Phi) is 4.22. The number of halogens is 1. The van der Waals surface area contributed by atoms with Gasteiger partial charge >= 0.3 is 0 Å². The topological polar surface area (TPSA) is 85.1 Å². The van der Waals surface area contributed by atoms with E-state index in [1.165, 1.54) is 0 Å². The SMILES string of the molecule is CC(C)(CNC(=O)c1cccc(Br)n1)C(N)=O. The van der Waals surface area contributed by atoms with E-state index < -0.39 is 11.3 Å². The molecule has 1 rings (SSSR count). The maximum absolute atomic E-state index is 11.7. The Hall–Kier alpha value is -1.43. The van der Waals surface area contributed by atoms with Crippen molar-refractivity contribution in [3.63, 3.8) is 0 Å². The molecule has 0 spiro atoms. The second-order valence-electron chi connectivity index (χ2n) is 4.28. The standard InChI is InChI=1S/C11H14BrN3O2/c1-11(2,10(13)17)6-14-9(16)7-4-3-5-8(12)15-7/h3-5H,6H2,1-2H3,(H2,13,17)(H,14,16). The van der Waals surface area contributed by atoms with Gasteiger partial charge in [-0.1, -0.05) is 6.07 Å². The molecule has 0 unspecified atom stereocenters. The summed E-state index contributed by atoms with van der Waals surface area (Å²) < 4.78 is 0.583. The molecule has 2 amide bonds. The third-order valence-electron chi connectivity index (χ3n) is 2.31. The second-order valence-corrected chi connectivity index (χ2v) is 5.09. The van der Waals surface area contributed by atoms with E-state index in [0.717, 1.165) is 0 Å². The largest absolute Gasteiger partial charge is 0.369 e. The van der Waals surface area contributed by atoms with Crippen LogP contribution in [0.3, 0.4) is 0 Å². The van der Waals surface area contributed by atoms with Crippen molar-refractivity contribution in [2.75, 3.05) is 6.54 Å². The highest BCUT2D eigenvalue weighted by Crippen LogP contribution is 2.12. The Morgan fingerprint density at radius 3 is 2.65 bits per heavy atom. The van der Waals surface area contributed by atoms with Crippen LogP contribution in [-0.4, -0.2) is 23.3 Å². The first-order valence-electron chi connectivity index (χ1n) is 5.03. The highest BCUT2D eigenvalue weighted by molar-refractivity contribution is 9.10. The Bertz CT molecular complexity index is 446. The maximum Gasteiger partial charge on any atom is 0.269 e. The van der Waals surface area contributed by atoms with E-state index in [1.54, 1.807) is 32.0 Å². The summed E-state index contributed by atoms with van der Waals surface area (Å²) in [5.74, 6) is -0.791. The number of hydrogen-bond donors (Lipinski definition) is 2. The highest BCUT2D eigenvalue weighted by Gasteiger charge is 2.25. The smallest absolute Gasteiger partial charge is 0.269 e. The lowest BCUT2D eigenvalue weighted by Gasteiger charge is -2.20. The Labute approximate surface area is 108 Å². The van der Waals surface area contributed by atoms with Crippen molar-refractivity contribution < 1.29 is 9.59 Å². The summed E-state index contributed by atoms with van der Waals surface area (Å²) in [6.45, 7) is 3.52. The van der Waals surface area contributed by atoms with Crippen molar-refractivity contribution >= 4 is 27.7 Å². The molecule has 0 aliphatic rings. The van der Waals surface area contributed by atoms with E-state index in [2.05, 4.69) is 26.2 Å².